The van der Waals surface area contributed by atoms with Gasteiger partial charge in [-0.15, -0.1) is 0 Å². The van der Waals surface area contributed by atoms with Crippen LogP contribution in [0, 0.1) is 22.7 Å². The first-order valence-corrected chi connectivity index (χ1v) is 10.5. The molecule has 33 heavy (non-hydrogen) atoms. The number of para-hydroxylation sites is 1. The third kappa shape index (κ3) is 4.79. The van der Waals surface area contributed by atoms with Crippen molar-refractivity contribution in [2.24, 2.45) is 0 Å². The van der Waals surface area contributed by atoms with Crippen LogP contribution >= 0.6 is 0 Å². The topological polar surface area (TPSA) is 90.8 Å². The Morgan fingerprint density at radius 2 is 1.91 bits per heavy atom. The van der Waals surface area contributed by atoms with Crippen molar-refractivity contribution in [3.8, 4) is 17.9 Å². The van der Waals surface area contributed by atoms with E-state index in [4.69, 9.17) is 20.0 Å². The zero-order chi connectivity index (χ0) is 23.2. The van der Waals surface area contributed by atoms with E-state index in [1.807, 2.05) is 64.9 Å². The van der Waals surface area contributed by atoms with Gasteiger partial charge < -0.3 is 13.9 Å². The van der Waals surface area contributed by atoms with Crippen molar-refractivity contribution in [3.05, 3.63) is 83.6 Å². The van der Waals surface area contributed by atoms with E-state index in [9.17, 15) is 4.79 Å². The van der Waals surface area contributed by atoms with Gasteiger partial charge in [0.15, 0.2) is 6.61 Å². The molecular weight excluding hydrogens is 416 g/mol. The second-order valence-electron chi connectivity index (χ2n) is 7.64. The molecule has 0 aliphatic rings. The third-order valence-electron chi connectivity index (χ3n) is 5.33. The predicted octanol–water partition coefficient (Wildman–Crippen LogP) is 4.16. The van der Waals surface area contributed by atoms with Crippen LogP contribution < -0.4 is 4.74 Å². The van der Waals surface area contributed by atoms with Gasteiger partial charge in [0.05, 0.1) is 34.4 Å². The number of fused-ring (bicyclic) bond motifs is 3. The van der Waals surface area contributed by atoms with E-state index >= 15 is 0 Å². The molecule has 2 heterocycles. The van der Waals surface area contributed by atoms with Crippen molar-refractivity contribution < 1.29 is 14.3 Å². The summed E-state index contributed by atoms with van der Waals surface area (Å²) in [6.07, 6.45) is 1.77. The minimum Gasteiger partial charge on any atom is -0.477 e. The lowest BCUT2D eigenvalue weighted by Crippen LogP contribution is -2.24. The van der Waals surface area contributed by atoms with Gasteiger partial charge in [-0.2, -0.15) is 10.5 Å². The third-order valence-corrected chi connectivity index (χ3v) is 5.33. The van der Waals surface area contributed by atoms with Crippen LogP contribution in [0.25, 0.3) is 16.4 Å². The average Bonchev–Trinajstić information content (AvgIpc) is 3.16. The Morgan fingerprint density at radius 1 is 1.06 bits per heavy atom. The van der Waals surface area contributed by atoms with Crippen LogP contribution in [0.3, 0.4) is 0 Å². The van der Waals surface area contributed by atoms with Crippen molar-refractivity contribution in [2.75, 3.05) is 26.8 Å². The summed E-state index contributed by atoms with van der Waals surface area (Å²) in [5.41, 5.74) is 3.73. The molecule has 0 unspecified atom stereocenters. The monoisotopic (exact) mass is 438 g/mol. The molecule has 2 aromatic carbocycles. The molecule has 2 aromatic heterocycles. The van der Waals surface area contributed by atoms with Crippen LogP contribution in [0.4, 0.5) is 0 Å². The molecular formula is C26H22N4O3. The maximum atomic E-state index is 13.0. The van der Waals surface area contributed by atoms with Crippen LogP contribution in [0.2, 0.25) is 0 Å². The van der Waals surface area contributed by atoms with E-state index in [-0.39, 0.29) is 19.2 Å². The van der Waals surface area contributed by atoms with Crippen molar-refractivity contribution >= 4 is 22.4 Å². The Hall–Kier alpha value is -4.33. The number of nitriles is 2. The molecule has 0 N–H and O–H groups in total. The zero-order valence-electron chi connectivity index (χ0n) is 18.2. The summed E-state index contributed by atoms with van der Waals surface area (Å²) < 4.78 is 12.9. The summed E-state index contributed by atoms with van der Waals surface area (Å²) >= 11 is 0. The van der Waals surface area contributed by atoms with Crippen molar-refractivity contribution in [1.82, 2.24) is 9.30 Å². The molecule has 0 spiro atoms. The number of ether oxygens (including phenoxy) is 2. The Balaban J connectivity index is 1.48. The lowest BCUT2D eigenvalue weighted by Gasteiger charge is -2.16. The fraction of sp³-hybridized carbons (Fsp3) is 0.192. The molecule has 0 fully saturated rings. The number of likely N-dealkylation sites (N-methyl/N-ethyl adjacent to an activating group) is 1. The second-order valence-corrected chi connectivity index (χ2v) is 7.64. The molecule has 4 rings (SSSR count). The minimum absolute atomic E-state index is 0.0477. The number of carbonyl (C=O) groups is 1. The fourth-order valence-electron chi connectivity index (χ4n) is 3.83. The molecule has 0 saturated heterocycles. The van der Waals surface area contributed by atoms with E-state index in [0.29, 0.717) is 35.5 Å². The lowest BCUT2D eigenvalue weighted by molar-refractivity contribution is 0.0475. The highest BCUT2D eigenvalue weighted by atomic mass is 16.5. The first kappa shape index (κ1) is 21.9. The first-order valence-electron chi connectivity index (χ1n) is 10.5. The Bertz CT molecular complexity index is 1390. The van der Waals surface area contributed by atoms with E-state index in [1.54, 1.807) is 24.4 Å². The number of benzene rings is 2. The molecule has 0 radical (unpaired) electrons. The highest BCUT2D eigenvalue weighted by Crippen LogP contribution is 2.29. The van der Waals surface area contributed by atoms with Gasteiger partial charge in [0.25, 0.3) is 0 Å². The number of pyridine rings is 1. The lowest BCUT2D eigenvalue weighted by atomic mass is 10.1. The summed E-state index contributed by atoms with van der Waals surface area (Å²) in [6.45, 7) is 1.39. The maximum Gasteiger partial charge on any atom is 0.341 e. The van der Waals surface area contributed by atoms with E-state index in [2.05, 4.69) is 6.07 Å². The quantitative estimate of drug-likeness (QED) is 0.384. The average molecular weight is 438 g/mol. The Kier molecular flexibility index (Phi) is 6.54. The van der Waals surface area contributed by atoms with Crippen LogP contribution in [-0.4, -0.2) is 42.1 Å². The smallest absolute Gasteiger partial charge is 0.341 e. The van der Waals surface area contributed by atoms with Crippen molar-refractivity contribution in [1.29, 1.82) is 10.5 Å². The number of rotatable bonds is 8. The van der Waals surface area contributed by atoms with Gasteiger partial charge in [-0.05, 0) is 42.9 Å². The Labute approximate surface area is 191 Å². The van der Waals surface area contributed by atoms with Gasteiger partial charge in [0, 0.05) is 18.5 Å². The van der Waals surface area contributed by atoms with E-state index in [1.165, 1.54) is 0 Å². The minimum atomic E-state index is -0.390. The molecule has 0 bridgehead atoms. The highest BCUT2D eigenvalue weighted by molar-refractivity contribution is 6.11. The zero-order valence-corrected chi connectivity index (χ0v) is 18.2. The molecule has 0 saturated carbocycles. The Morgan fingerprint density at radius 3 is 2.73 bits per heavy atom. The number of aromatic nitrogens is 1. The summed E-state index contributed by atoms with van der Waals surface area (Å²) in [4.78, 5) is 15.1. The summed E-state index contributed by atoms with van der Waals surface area (Å²) in [5, 5.41) is 18.6. The first-order chi connectivity index (χ1) is 16.1. The molecule has 0 atom stereocenters. The van der Waals surface area contributed by atoms with Gasteiger partial charge in [-0.1, -0.05) is 30.3 Å². The van der Waals surface area contributed by atoms with Gasteiger partial charge in [0.1, 0.15) is 18.4 Å². The molecule has 4 aromatic rings. The molecule has 7 heteroatoms. The molecule has 0 aliphatic carbocycles. The normalized spacial score (nSPS) is 10.8. The molecule has 0 aliphatic heterocycles. The van der Waals surface area contributed by atoms with Crippen molar-refractivity contribution in [2.45, 2.75) is 6.54 Å². The van der Waals surface area contributed by atoms with Gasteiger partial charge in [-0.3, -0.25) is 4.90 Å². The van der Waals surface area contributed by atoms with Gasteiger partial charge >= 0.3 is 5.97 Å². The second kappa shape index (κ2) is 9.86. The standard InChI is InChI=1S/C26H22N4O3/c1-29(17-20-6-4-5-19(15-20)16-28)12-14-33-26(31)25-22-7-2-3-8-23(22)30-18-21(32-13-11-27)9-10-24(25)30/h2-10,15,18H,12-14,17H2,1H3. The predicted molar refractivity (Wildman–Crippen MR) is 124 cm³/mol. The molecule has 0 amide bonds. The number of carbonyl (C=O) groups excluding carboxylic acids is 1. The SMILES string of the molecule is CN(CCOC(=O)c1c2ccccc2n2cc(OCC#N)ccc12)Cc1cccc(C#N)c1. The number of esters is 1. The maximum absolute atomic E-state index is 13.0. The van der Waals surface area contributed by atoms with Crippen LogP contribution in [-0.2, 0) is 11.3 Å². The number of nitrogens with zero attached hydrogens (tertiary/aromatic N) is 4. The van der Waals surface area contributed by atoms with Crippen LogP contribution in [0.1, 0.15) is 21.5 Å². The van der Waals surface area contributed by atoms with E-state index in [0.717, 1.165) is 16.5 Å². The van der Waals surface area contributed by atoms with Crippen LogP contribution in [0.15, 0.2) is 66.9 Å². The summed E-state index contributed by atoms with van der Waals surface area (Å²) in [6, 6.07) is 22.7. The summed E-state index contributed by atoms with van der Waals surface area (Å²) in [5.74, 6) is 0.158. The van der Waals surface area contributed by atoms with Gasteiger partial charge in [-0.25, -0.2) is 4.79 Å². The highest BCUT2D eigenvalue weighted by Gasteiger charge is 2.20. The van der Waals surface area contributed by atoms with Crippen LogP contribution in [0.5, 0.6) is 5.75 Å². The van der Waals surface area contributed by atoms with E-state index < -0.39 is 0 Å². The molecule has 7 nitrogen and oxygen atoms in total. The van der Waals surface area contributed by atoms with Gasteiger partial charge in [0.2, 0.25) is 0 Å². The summed E-state index contributed by atoms with van der Waals surface area (Å²) in [7, 11) is 1.94. The fourth-order valence-corrected chi connectivity index (χ4v) is 3.83. The molecule has 164 valence electrons. The van der Waals surface area contributed by atoms with Crippen molar-refractivity contribution in [3.63, 3.8) is 0 Å². The number of hydrogen-bond donors (Lipinski definition) is 0. The largest absolute Gasteiger partial charge is 0.477 e. The number of hydrogen-bond acceptors (Lipinski definition) is 6.